The Morgan fingerprint density at radius 1 is 1.12 bits per heavy atom. The van der Waals surface area contributed by atoms with Crippen LogP contribution in [-0.2, 0) is 4.74 Å². The summed E-state index contributed by atoms with van der Waals surface area (Å²) in [5.41, 5.74) is 0.563. The monoisotopic (exact) mass is 338 g/mol. The highest BCUT2D eigenvalue weighted by molar-refractivity contribution is 5.81. The summed E-state index contributed by atoms with van der Waals surface area (Å²) in [6, 6.07) is 6.12. The molecule has 8 heteroatoms. The highest BCUT2D eigenvalue weighted by atomic mass is 16.7. The Hall–Kier alpha value is -1.97. The molecule has 0 unspecified atom stereocenters. The molecule has 0 aliphatic carbocycles. The molecule has 3 rings (SSSR count). The van der Waals surface area contributed by atoms with E-state index in [2.05, 4.69) is 0 Å². The molecule has 1 aliphatic heterocycles. The van der Waals surface area contributed by atoms with Crippen LogP contribution in [0.15, 0.2) is 33.5 Å². The molecule has 1 aliphatic rings. The molecule has 5 atom stereocenters. The smallest absolute Gasteiger partial charge is 0.336 e. The lowest BCUT2D eigenvalue weighted by Crippen LogP contribution is -2.60. The van der Waals surface area contributed by atoms with Crippen LogP contribution in [0.1, 0.15) is 5.56 Å². The maximum absolute atomic E-state index is 11.5. The van der Waals surface area contributed by atoms with Gasteiger partial charge < -0.3 is 34.3 Å². The molecule has 8 nitrogen and oxygen atoms in total. The van der Waals surface area contributed by atoms with Crippen LogP contribution in [0.2, 0.25) is 0 Å². The van der Waals surface area contributed by atoms with E-state index in [1.54, 1.807) is 19.1 Å². The Morgan fingerprint density at radius 3 is 2.58 bits per heavy atom. The van der Waals surface area contributed by atoms with Gasteiger partial charge in [-0.3, -0.25) is 0 Å². The molecular weight excluding hydrogens is 320 g/mol. The fourth-order valence-corrected chi connectivity index (χ4v) is 2.68. The zero-order chi connectivity index (χ0) is 17.4. The Kier molecular flexibility index (Phi) is 4.57. The fraction of sp³-hybridized carbons (Fsp3) is 0.438. The largest absolute Gasteiger partial charge is 0.462 e. The standard InChI is InChI=1S/C16H18O8/c1-7-4-12(18)23-10-5-8(2-3-9(7)10)22-16-15(21)14(20)13(19)11(6-17)24-16/h2-5,11,13-17,19-21H,6H2,1H3/t11-,13+,14-,15-,16+/m1/s1. The van der Waals surface area contributed by atoms with E-state index in [4.69, 9.17) is 19.0 Å². The number of hydrogen-bond acceptors (Lipinski definition) is 8. The Labute approximate surface area is 136 Å². The third kappa shape index (κ3) is 3.02. The Morgan fingerprint density at radius 2 is 1.88 bits per heavy atom. The zero-order valence-electron chi connectivity index (χ0n) is 12.8. The first-order chi connectivity index (χ1) is 11.4. The molecule has 2 heterocycles. The Bertz CT molecular complexity index is 783. The first-order valence-corrected chi connectivity index (χ1v) is 7.42. The number of aliphatic hydroxyl groups is 4. The number of hydrogen-bond donors (Lipinski definition) is 4. The van der Waals surface area contributed by atoms with Gasteiger partial charge in [0.1, 0.15) is 35.7 Å². The molecule has 2 aromatic rings. The van der Waals surface area contributed by atoms with Gasteiger partial charge in [0.15, 0.2) is 0 Å². The molecule has 0 saturated carbocycles. The van der Waals surface area contributed by atoms with Gasteiger partial charge >= 0.3 is 5.63 Å². The minimum Gasteiger partial charge on any atom is -0.462 e. The number of benzene rings is 1. The van der Waals surface area contributed by atoms with Gasteiger partial charge in [-0.2, -0.15) is 0 Å². The van der Waals surface area contributed by atoms with Crippen molar-refractivity contribution in [3.8, 4) is 5.75 Å². The van der Waals surface area contributed by atoms with Gasteiger partial charge in [0, 0.05) is 17.5 Å². The summed E-state index contributed by atoms with van der Waals surface area (Å²) < 4.78 is 15.9. The van der Waals surface area contributed by atoms with Crippen LogP contribution in [-0.4, -0.2) is 57.7 Å². The van der Waals surface area contributed by atoms with E-state index >= 15 is 0 Å². The lowest BCUT2D eigenvalue weighted by Gasteiger charge is -2.39. The maximum Gasteiger partial charge on any atom is 0.336 e. The summed E-state index contributed by atoms with van der Waals surface area (Å²) in [5.74, 6) is 0.237. The predicted molar refractivity (Wildman–Crippen MR) is 81.6 cm³/mol. The predicted octanol–water partition coefficient (Wildman–Crippen LogP) is -0.720. The fourth-order valence-electron chi connectivity index (χ4n) is 2.68. The van der Waals surface area contributed by atoms with Crippen LogP contribution in [0.3, 0.4) is 0 Å². The van der Waals surface area contributed by atoms with Crippen LogP contribution in [0.5, 0.6) is 5.75 Å². The molecule has 130 valence electrons. The quantitative estimate of drug-likeness (QED) is 0.540. The van der Waals surface area contributed by atoms with Gasteiger partial charge in [-0.05, 0) is 24.6 Å². The van der Waals surface area contributed by atoms with Crippen molar-refractivity contribution in [3.63, 3.8) is 0 Å². The number of aryl methyl sites for hydroxylation is 1. The van der Waals surface area contributed by atoms with Gasteiger partial charge in [-0.15, -0.1) is 0 Å². The topological polar surface area (TPSA) is 130 Å². The third-order valence-corrected chi connectivity index (χ3v) is 4.02. The molecule has 1 aromatic carbocycles. The average molecular weight is 338 g/mol. The number of rotatable bonds is 3. The number of aliphatic hydroxyl groups excluding tert-OH is 4. The maximum atomic E-state index is 11.5. The van der Waals surface area contributed by atoms with Crippen molar-refractivity contribution in [3.05, 3.63) is 40.2 Å². The van der Waals surface area contributed by atoms with Crippen molar-refractivity contribution >= 4 is 11.0 Å². The van der Waals surface area contributed by atoms with Crippen LogP contribution in [0.4, 0.5) is 0 Å². The first kappa shape index (κ1) is 16.9. The summed E-state index contributed by atoms with van der Waals surface area (Å²) in [6.45, 7) is 1.23. The van der Waals surface area contributed by atoms with Gasteiger partial charge in [0.05, 0.1) is 6.61 Å². The summed E-state index contributed by atoms with van der Waals surface area (Å²) in [7, 11) is 0. The molecular formula is C16H18O8. The minimum atomic E-state index is -1.53. The highest BCUT2D eigenvalue weighted by Gasteiger charge is 2.44. The van der Waals surface area contributed by atoms with E-state index in [-0.39, 0.29) is 5.75 Å². The Balaban J connectivity index is 1.87. The normalized spacial score (nSPS) is 30.5. The van der Waals surface area contributed by atoms with Crippen LogP contribution < -0.4 is 10.4 Å². The molecule has 0 bridgehead atoms. The first-order valence-electron chi connectivity index (χ1n) is 7.42. The second-order valence-electron chi connectivity index (χ2n) is 5.72. The summed E-state index contributed by atoms with van der Waals surface area (Å²) in [6.07, 6.45) is -6.85. The van der Waals surface area contributed by atoms with E-state index in [0.717, 1.165) is 10.9 Å². The van der Waals surface area contributed by atoms with Crippen molar-refractivity contribution in [1.29, 1.82) is 0 Å². The van der Waals surface area contributed by atoms with Crippen molar-refractivity contribution in [2.24, 2.45) is 0 Å². The molecule has 0 spiro atoms. The van der Waals surface area contributed by atoms with Gasteiger partial charge in [0.2, 0.25) is 6.29 Å². The average Bonchev–Trinajstić information content (AvgIpc) is 2.55. The van der Waals surface area contributed by atoms with Gasteiger partial charge in [-0.25, -0.2) is 4.79 Å². The second kappa shape index (κ2) is 6.50. The van der Waals surface area contributed by atoms with E-state index in [0.29, 0.717) is 5.58 Å². The summed E-state index contributed by atoms with van der Waals surface area (Å²) in [4.78, 5) is 11.5. The second-order valence-corrected chi connectivity index (χ2v) is 5.72. The lowest BCUT2D eigenvalue weighted by molar-refractivity contribution is -0.277. The van der Waals surface area contributed by atoms with Crippen molar-refractivity contribution in [2.45, 2.75) is 37.6 Å². The molecule has 4 N–H and O–H groups in total. The van der Waals surface area contributed by atoms with Crippen molar-refractivity contribution in [2.75, 3.05) is 6.61 Å². The number of ether oxygens (including phenoxy) is 2. The van der Waals surface area contributed by atoms with Gasteiger partial charge in [0.25, 0.3) is 0 Å². The van der Waals surface area contributed by atoms with E-state index in [9.17, 15) is 20.1 Å². The van der Waals surface area contributed by atoms with E-state index in [1.165, 1.54) is 12.1 Å². The minimum absolute atomic E-state index is 0.237. The van der Waals surface area contributed by atoms with Crippen LogP contribution in [0, 0.1) is 6.92 Å². The highest BCUT2D eigenvalue weighted by Crippen LogP contribution is 2.27. The van der Waals surface area contributed by atoms with E-state index < -0.39 is 42.9 Å². The van der Waals surface area contributed by atoms with Crippen molar-refractivity contribution in [1.82, 2.24) is 0 Å². The molecule has 1 saturated heterocycles. The van der Waals surface area contributed by atoms with E-state index in [1.807, 2.05) is 0 Å². The SMILES string of the molecule is Cc1cc(=O)oc2cc(O[C@H]3O[C@H](CO)[C@H](O)[C@@H](O)[C@H]3O)ccc12. The molecule has 0 radical (unpaired) electrons. The number of fused-ring (bicyclic) bond motifs is 1. The van der Waals surface area contributed by atoms with Gasteiger partial charge in [-0.1, -0.05) is 0 Å². The van der Waals surface area contributed by atoms with Crippen molar-refractivity contribution < 1.29 is 34.3 Å². The third-order valence-electron chi connectivity index (χ3n) is 4.02. The molecule has 0 amide bonds. The summed E-state index contributed by atoms with van der Waals surface area (Å²) in [5, 5.41) is 39.4. The lowest BCUT2D eigenvalue weighted by atomic mass is 9.99. The van der Waals surface area contributed by atoms with Crippen LogP contribution in [0.25, 0.3) is 11.0 Å². The summed E-state index contributed by atoms with van der Waals surface area (Å²) >= 11 is 0. The molecule has 1 fully saturated rings. The molecule has 24 heavy (non-hydrogen) atoms. The zero-order valence-corrected chi connectivity index (χ0v) is 12.8. The van der Waals surface area contributed by atoms with Crippen LogP contribution >= 0.6 is 0 Å². The molecule has 1 aromatic heterocycles.